The summed E-state index contributed by atoms with van der Waals surface area (Å²) in [5.41, 5.74) is -1.10. The summed E-state index contributed by atoms with van der Waals surface area (Å²) < 4.78 is 0. The van der Waals surface area contributed by atoms with Crippen molar-refractivity contribution in [3.8, 4) is 0 Å². The van der Waals surface area contributed by atoms with Gasteiger partial charge in [0, 0.05) is 20.3 Å². The molecule has 1 unspecified atom stereocenters. The summed E-state index contributed by atoms with van der Waals surface area (Å²) in [6, 6.07) is -0.101. The Morgan fingerprint density at radius 3 is 1.80 bits per heavy atom. The van der Waals surface area contributed by atoms with Gasteiger partial charge in [0.25, 0.3) is 0 Å². The van der Waals surface area contributed by atoms with E-state index in [2.05, 4.69) is 0 Å². The molecule has 0 amide bonds. The maximum Gasteiger partial charge on any atom is 0.305 e. The molecule has 0 aromatic carbocycles. The monoisotopic (exact) mass is 223 g/mol. The van der Waals surface area contributed by atoms with E-state index in [0.29, 0.717) is 0 Å². The zero-order valence-electron chi connectivity index (χ0n) is 9.97. The summed E-state index contributed by atoms with van der Waals surface area (Å²) in [5.74, 6) is 28.1. The molecule has 0 aromatic rings. The van der Waals surface area contributed by atoms with Gasteiger partial charge in [-0.25, -0.2) is 0 Å². The fourth-order valence-electron chi connectivity index (χ4n) is 0.833. The van der Waals surface area contributed by atoms with E-state index in [9.17, 15) is 0 Å². The van der Waals surface area contributed by atoms with Gasteiger partial charge in [0.1, 0.15) is 0 Å². The first-order valence-electron chi connectivity index (χ1n) is 4.85. The zero-order valence-corrected chi connectivity index (χ0v) is 9.97. The van der Waals surface area contributed by atoms with Crippen LogP contribution >= 0.6 is 0 Å². The van der Waals surface area contributed by atoms with Gasteiger partial charge in [0.05, 0.1) is 0 Å². The van der Waals surface area contributed by atoms with Crippen LogP contribution in [0.25, 0.3) is 0 Å². The molecule has 10 N–H and O–H groups in total. The lowest BCUT2D eigenvalue weighted by Gasteiger charge is -2.39. The molecule has 0 rings (SSSR count). The van der Waals surface area contributed by atoms with Gasteiger partial charge in [-0.1, -0.05) is 16.6 Å². The number of nitrogens with zero attached hydrogens (tertiary/aromatic N) is 2. The Balaban J connectivity index is 4.72. The van der Waals surface area contributed by atoms with Crippen molar-refractivity contribution in [1.82, 2.24) is 0 Å². The molecule has 1 atom stereocenters. The van der Waals surface area contributed by atoms with Gasteiger partial charge >= 0.3 is 5.72 Å². The van der Waals surface area contributed by atoms with Crippen LogP contribution < -0.4 is 29.2 Å². The summed E-state index contributed by atoms with van der Waals surface area (Å²) in [5, 5.41) is 0. The molecule has 0 aromatic heterocycles. The predicted molar refractivity (Wildman–Crippen MR) is 56.4 cm³/mol. The molecule has 0 heterocycles. The van der Waals surface area contributed by atoms with E-state index >= 15 is 0 Å². The van der Waals surface area contributed by atoms with Crippen molar-refractivity contribution in [3.05, 3.63) is 0 Å². The van der Waals surface area contributed by atoms with Gasteiger partial charge in [-0.2, -0.15) is 0 Å². The Kier molecular flexibility index (Phi) is 4.18. The Hall–Kier alpha value is -0.320. The van der Waals surface area contributed by atoms with Crippen molar-refractivity contribution >= 4 is 0 Å². The molecule has 0 radical (unpaired) electrons. The second kappa shape index (κ2) is 4.28. The van der Waals surface area contributed by atoms with Crippen molar-refractivity contribution in [2.45, 2.75) is 45.9 Å². The molecule has 0 fully saturated rings. The van der Waals surface area contributed by atoms with E-state index < -0.39 is 15.4 Å². The standard InChI is InChI=1S/C7H25N7O/c1-5-6(2)13(8,9)15-7(3,4)14(10,11)12/h6H,5,8-12H2,1-4H3/q+2. The average molecular weight is 223 g/mol. The van der Waals surface area contributed by atoms with Crippen molar-refractivity contribution in [2.24, 2.45) is 29.2 Å². The Morgan fingerprint density at radius 1 is 1.13 bits per heavy atom. The van der Waals surface area contributed by atoms with Gasteiger partial charge < -0.3 is 0 Å². The molecular formula is C7H25N7O+2. The minimum Gasteiger partial charge on any atom is -0.139 e. The van der Waals surface area contributed by atoms with Crippen LogP contribution in [-0.2, 0) is 4.84 Å². The topological polar surface area (TPSA) is 139 Å². The molecule has 8 nitrogen and oxygen atoms in total. The smallest absolute Gasteiger partial charge is 0.139 e. The Labute approximate surface area is 90.5 Å². The van der Waals surface area contributed by atoms with E-state index in [4.69, 9.17) is 34.1 Å². The van der Waals surface area contributed by atoms with Crippen LogP contribution in [0.3, 0.4) is 0 Å². The summed E-state index contributed by atoms with van der Waals surface area (Å²) >= 11 is 0. The number of rotatable bonds is 5. The molecule has 0 aliphatic carbocycles. The lowest BCUT2D eigenvalue weighted by atomic mass is 10.2. The number of hydrogen-bond acceptors (Lipinski definition) is 6. The van der Waals surface area contributed by atoms with Crippen LogP contribution in [0.4, 0.5) is 0 Å². The van der Waals surface area contributed by atoms with E-state index in [0.717, 1.165) is 6.42 Å². The molecule has 15 heavy (non-hydrogen) atoms. The quantitative estimate of drug-likeness (QED) is 0.165. The number of hydroxylamine groups is 1. The largest absolute Gasteiger partial charge is 0.305 e. The maximum atomic E-state index is 5.77. The van der Waals surface area contributed by atoms with Crippen LogP contribution in [0.1, 0.15) is 34.1 Å². The Morgan fingerprint density at radius 2 is 1.53 bits per heavy atom. The maximum absolute atomic E-state index is 5.77. The van der Waals surface area contributed by atoms with Gasteiger partial charge in [0.15, 0.2) is 6.04 Å². The molecule has 0 aliphatic heterocycles. The van der Waals surface area contributed by atoms with Crippen LogP contribution in [0.5, 0.6) is 0 Å². The van der Waals surface area contributed by atoms with E-state index in [1.54, 1.807) is 13.8 Å². The molecule has 0 saturated heterocycles. The highest BCUT2D eigenvalue weighted by Crippen LogP contribution is 2.18. The highest BCUT2D eigenvalue weighted by atomic mass is 16.8. The minimum atomic E-state index is -1.10. The zero-order chi connectivity index (χ0) is 12.5. The first kappa shape index (κ1) is 14.7. The molecule has 8 heteroatoms. The van der Waals surface area contributed by atoms with Gasteiger partial charge in [-0.05, 0) is 11.8 Å². The summed E-state index contributed by atoms with van der Waals surface area (Å²) in [4.78, 5) is 3.94. The van der Waals surface area contributed by atoms with E-state index in [1.807, 2.05) is 13.8 Å². The fraction of sp³-hybridized carbons (Fsp3) is 1.00. The molecule has 0 saturated carbocycles. The lowest BCUT2D eigenvalue weighted by Crippen LogP contribution is -2.81. The second-order valence-electron chi connectivity index (χ2n) is 4.39. The Bertz CT molecular complexity index is 210. The molecule has 0 aliphatic rings. The van der Waals surface area contributed by atoms with Gasteiger partial charge in [-0.3, -0.25) is 0 Å². The predicted octanol–water partition coefficient (Wildman–Crippen LogP) is -1.55. The van der Waals surface area contributed by atoms with Crippen molar-refractivity contribution in [1.29, 1.82) is 0 Å². The number of quaternary nitrogens is 2. The van der Waals surface area contributed by atoms with Gasteiger partial charge in [0.2, 0.25) is 0 Å². The fourth-order valence-corrected chi connectivity index (χ4v) is 0.833. The third kappa shape index (κ3) is 3.63. The van der Waals surface area contributed by atoms with Crippen LogP contribution in [-0.4, -0.2) is 21.4 Å². The number of nitrogens with two attached hydrogens (primary N) is 5. The molecule has 92 valence electrons. The molecule has 0 spiro atoms. The highest BCUT2D eigenvalue weighted by molar-refractivity contribution is 4.48. The summed E-state index contributed by atoms with van der Waals surface area (Å²) in [6.07, 6.45) is 0.753. The van der Waals surface area contributed by atoms with Crippen LogP contribution in [0.15, 0.2) is 0 Å². The third-order valence-electron chi connectivity index (χ3n) is 2.59. The molecular weight excluding hydrogens is 198 g/mol. The normalized spacial score (nSPS) is 16.6. The third-order valence-corrected chi connectivity index (χ3v) is 2.59. The van der Waals surface area contributed by atoms with Crippen LogP contribution in [0.2, 0.25) is 0 Å². The highest BCUT2D eigenvalue weighted by Gasteiger charge is 2.48. The van der Waals surface area contributed by atoms with Crippen molar-refractivity contribution in [2.75, 3.05) is 0 Å². The minimum absolute atomic E-state index is 0.101. The van der Waals surface area contributed by atoms with Crippen molar-refractivity contribution < 1.29 is 14.5 Å². The molecule has 0 bridgehead atoms. The van der Waals surface area contributed by atoms with E-state index in [1.165, 1.54) is 0 Å². The van der Waals surface area contributed by atoms with E-state index in [-0.39, 0.29) is 6.04 Å². The number of hydrogen-bond donors (Lipinski definition) is 5. The van der Waals surface area contributed by atoms with Crippen molar-refractivity contribution in [3.63, 3.8) is 0 Å². The summed E-state index contributed by atoms with van der Waals surface area (Å²) in [6.45, 7) is 7.03. The van der Waals surface area contributed by atoms with Gasteiger partial charge in [-0.15, -0.1) is 29.2 Å². The average Bonchev–Trinajstić information content (AvgIpc) is 1.98. The second-order valence-corrected chi connectivity index (χ2v) is 4.39. The van der Waals surface area contributed by atoms with Crippen LogP contribution in [0, 0.1) is 0 Å². The lowest BCUT2D eigenvalue weighted by molar-refractivity contribution is -1.20. The SMILES string of the molecule is CCC(C)[N+](N)(N)OC(C)(C)[N+](N)(N)N. The first-order chi connectivity index (χ1) is 6.44. The summed E-state index contributed by atoms with van der Waals surface area (Å²) in [7, 11) is 0. The first-order valence-corrected chi connectivity index (χ1v) is 4.85.